The summed E-state index contributed by atoms with van der Waals surface area (Å²) in [6.07, 6.45) is 1.60. The van der Waals surface area contributed by atoms with Gasteiger partial charge in [-0.2, -0.15) is 5.10 Å². The Kier molecular flexibility index (Phi) is 4.07. The van der Waals surface area contributed by atoms with Gasteiger partial charge in [0, 0.05) is 24.2 Å². The number of carbonyl (C=O) groups excluding carboxylic acids is 1. The van der Waals surface area contributed by atoms with Crippen LogP contribution in [0.3, 0.4) is 0 Å². The molecule has 0 unspecified atom stereocenters. The normalized spacial score (nSPS) is 10.6. The van der Waals surface area contributed by atoms with Crippen molar-refractivity contribution in [3.8, 4) is 17.0 Å². The minimum atomic E-state index is -0.393. The van der Waals surface area contributed by atoms with E-state index in [9.17, 15) is 9.18 Å². The van der Waals surface area contributed by atoms with Gasteiger partial charge < -0.3 is 4.74 Å². The lowest BCUT2D eigenvalue weighted by molar-refractivity contribution is 0.102. The largest absolute Gasteiger partial charge is 0.496 e. The molecule has 6 nitrogen and oxygen atoms in total. The second kappa shape index (κ2) is 6.17. The molecule has 3 aromatic rings. The molecule has 2 aromatic heterocycles. The fraction of sp³-hybridized carbons (Fsp3) is 0.133. The number of hydrogen-bond acceptors (Lipinski definition) is 5. The number of carbonyl (C=O) groups is 1. The molecule has 0 saturated carbocycles. The Bertz CT molecular complexity index is 845. The number of halogens is 1. The maximum atomic E-state index is 13.5. The fourth-order valence-corrected chi connectivity index (χ4v) is 2.68. The van der Waals surface area contributed by atoms with Gasteiger partial charge in [0.25, 0.3) is 5.91 Å². The topological polar surface area (TPSA) is 69.0 Å². The first kappa shape index (κ1) is 15.2. The molecule has 0 aliphatic rings. The van der Waals surface area contributed by atoms with Gasteiger partial charge in [-0.25, -0.2) is 9.37 Å². The number of ether oxygens (including phenoxy) is 1. The van der Waals surface area contributed by atoms with Gasteiger partial charge in [-0.05, 0) is 24.3 Å². The lowest BCUT2D eigenvalue weighted by atomic mass is 10.1. The maximum absolute atomic E-state index is 13.5. The number of aromatic nitrogens is 3. The van der Waals surface area contributed by atoms with Gasteiger partial charge >= 0.3 is 0 Å². The molecule has 2 heterocycles. The number of thiazole rings is 1. The summed E-state index contributed by atoms with van der Waals surface area (Å²) in [5.74, 6) is -0.269. The highest BCUT2D eigenvalue weighted by Crippen LogP contribution is 2.31. The Labute approximate surface area is 135 Å². The van der Waals surface area contributed by atoms with Crippen molar-refractivity contribution in [2.24, 2.45) is 7.05 Å². The zero-order chi connectivity index (χ0) is 16.4. The van der Waals surface area contributed by atoms with E-state index in [1.165, 1.54) is 41.3 Å². The van der Waals surface area contributed by atoms with Crippen molar-refractivity contribution in [3.63, 3.8) is 0 Å². The molecule has 8 heteroatoms. The van der Waals surface area contributed by atoms with Gasteiger partial charge in [0.15, 0.2) is 10.8 Å². The maximum Gasteiger partial charge on any atom is 0.277 e. The number of amides is 1. The average Bonchev–Trinajstić information content (AvgIpc) is 3.16. The Morgan fingerprint density at radius 1 is 1.39 bits per heavy atom. The van der Waals surface area contributed by atoms with E-state index in [1.54, 1.807) is 24.7 Å². The first-order valence-corrected chi connectivity index (χ1v) is 7.55. The van der Waals surface area contributed by atoms with Gasteiger partial charge in [0.2, 0.25) is 0 Å². The monoisotopic (exact) mass is 332 g/mol. The Hall–Kier alpha value is -2.74. The van der Waals surface area contributed by atoms with Crippen LogP contribution in [0.2, 0.25) is 0 Å². The second-order valence-corrected chi connectivity index (χ2v) is 5.57. The molecule has 3 rings (SSSR count). The van der Waals surface area contributed by atoms with Crippen LogP contribution in [0.15, 0.2) is 35.8 Å². The van der Waals surface area contributed by atoms with Crippen LogP contribution in [0.4, 0.5) is 9.52 Å². The van der Waals surface area contributed by atoms with Gasteiger partial charge in [-0.3, -0.25) is 14.8 Å². The SMILES string of the molecule is COc1ccc(F)cc1-c1cc(C(=O)Nc2nccs2)nn1C. The summed E-state index contributed by atoms with van der Waals surface area (Å²) < 4.78 is 20.3. The molecule has 0 aliphatic heterocycles. The van der Waals surface area contributed by atoms with Crippen molar-refractivity contribution in [2.75, 3.05) is 12.4 Å². The van der Waals surface area contributed by atoms with Crippen LogP contribution in [-0.2, 0) is 7.05 Å². The summed E-state index contributed by atoms with van der Waals surface area (Å²) in [6.45, 7) is 0. The molecule has 1 aromatic carbocycles. The molecule has 0 aliphatic carbocycles. The van der Waals surface area contributed by atoms with Crippen LogP contribution >= 0.6 is 11.3 Å². The third-order valence-corrected chi connectivity index (χ3v) is 3.89. The number of nitrogens with one attached hydrogen (secondary N) is 1. The number of hydrogen-bond donors (Lipinski definition) is 1. The molecule has 1 amide bonds. The fourth-order valence-electron chi connectivity index (χ4n) is 2.16. The van der Waals surface area contributed by atoms with Crippen molar-refractivity contribution in [1.29, 1.82) is 0 Å². The van der Waals surface area contributed by atoms with Crippen molar-refractivity contribution >= 4 is 22.4 Å². The van der Waals surface area contributed by atoms with Crippen molar-refractivity contribution in [1.82, 2.24) is 14.8 Å². The van der Waals surface area contributed by atoms with Crippen molar-refractivity contribution in [3.05, 3.63) is 47.4 Å². The Morgan fingerprint density at radius 3 is 2.91 bits per heavy atom. The highest BCUT2D eigenvalue weighted by molar-refractivity contribution is 7.13. The molecule has 0 spiro atoms. The van der Waals surface area contributed by atoms with Crippen LogP contribution in [0, 0.1) is 5.82 Å². The molecule has 1 N–H and O–H groups in total. The first-order valence-electron chi connectivity index (χ1n) is 6.67. The number of aryl methyl sites for hydroxylation is 1. The lowest BCUT2D eigenvalue weighted by Crippen LogP contribution is -2.12. The predicted octanol–water partition coefficient (Wildman–Crippen LogP) is 2.94. The van der Waals surface area contributed by atoms with Crippen molar-refractivity contribution in [2.45, 2.75) is 0 Å². The Morgan fingerprint density at radius 2 is 2.22 bits per heavy atom. The van der Waals surface area contributed by atoms with Crippen LogP contribution in [0.1, 0.15) is 10.5 Å². The third kappa shape index (κ3) is 3.07. The molecular weight excluding hydrogens is 319 g/mol. The first-order chi connectivity index (χ1) is 11.1. The van der Waals surface area contributed by atoms with E-state index in [0.717, 1.165) is 0 Å². The molecule has 0 saturated heterocycles. The summed E-state index contributed by atoms with van der Waals surface area (Å²) in [4.78, 5) is 16.2. The van der Waals surface area contributed by atoms with Gasteiger partial charge in [-0.15, -0.1) is 11.3 Å². The molecule has 0 fully saturated rings. The van der Waals surface area contributed by atoms with E-state index in [2.05, 4.69) is 15.4 Å². The van der Waals surface area contributed by atoms with E-state index in [4.69, 9.17) is 4.74 Å². The molecule has 23 heavy (non-hydrogen) atoms. The summed E-state index contributed by atoms with van der Waals surface area (Å²) in [7, 11) is 3.18. The smallest absolute Gasteiger partial charge is 0.277 e. The minimum absolute atomic E-state index is 0.212. The summed E-state index contributed by atoms with van der Waals surface area (Å²) >= 11 is 1.31. The van der Waals surface area contributed by atoms with Gasteiger partial charge in [-0.1, -0.05) is 0 Å². The number of nitrogens with zero attached hydrogens (tertiary/aromatic N) is 3. The summed E-state index contributed by atoms with van der Waals surface area (Å²) in [6, 6.07) is 5.78. The van der Waals surface area contributed by atoms with Gasteiger partial charge in [0.1, 0.15) is 11.6 Å². The van der Waals surface area contributed by atoms with E-state index in [0.29, 0.717) is 22.1 Å². The summed E-state index contributed by atoms with van der Waals surface area (Å²) in [5.41, 5.74) is 1.31. The number of rotatable bonds is 4. The van der Waals surface area contributed by atoms with E-state index < -0.39 is 5.82 Å². The molecular formula is C15H13FN4O2S. The zero-order valence-electron chi connectivity index (χ0n) is 12.4. The Balaban J connectivity index is 1.95. The lowest BCUT2D eigenvalue weighted by Gasteiger charge is -2.08. The van der Waals surface area contributed by atoms with Crippen LogP contribution in [-0.4, -0.2) is 27.8 Å². The molecule has 0 radical (unpaired) electrons. The zero-order valence-corrected chi connectivity index (χ0v) is 13.2. The number of anilines is 1. The number of methoxy groups -OCH3 is 1. The van der Waals surface area contributed by atoms with E-state index in [1.807, 2.05) is 0 Å². The molecule has 118 valence electrons. The average molecular weight is 332 g/mol. The van der Waals surface area contributed by atoms with Crippen LogP contribution in [0.25, 0.3) is 11.3 Å². The van der Waals surface area contributed by atoms with Crippen molar-refractivity contribution < 1.29 is 13.9 Å². The second-order valence-electron chi connectivity index (χ2n) is 4.67. The molecule has 0 bridgehead atoms. The van der Waals surface area contributed by atoms with Gasteiger partial charge in [0.05, 0.1) is 12.8 Å². The highest BCUT2D eigenvalue weighted by atomic mass is 32.1. The highest BCUT2D eigenvalue weighted by Gasteiger charge is 2.17. The van der Waals surface area contributed by atoms with Crippen LogP contribution in [0.5, 0.6) is 5.75 Å². The summed E-state index contributed by atoms with van der Waals surface area (Å²) in [5, 5.41) is 9.09. The van der Waals surface area contributed by atoms with Crippen LogP contribution < -0.4 is 10.1 Å². The third-order valence-electron chi connectivity index (χ3n) is 3.20. The standard InChI is InChI=1S/C15H13FN4O2S/c1-20-12(10-7-9(16)3-4-13(10)22-2)8-11(19-20)14(21)18-15-17-5-6-23-15/h3-8H,1-2H3,(H,17,18,21). The molecule has 0 atom stereocenters. The quantitative estimate of drug-likeness (QED) is 0.797. The minimum Gasteiger partial charge on any atom is -0.496 e. The predicted molar refractivity (Wildman–Crippen MR) is 85.2 cm³/mol. The number of benzene rings is 1. The van der Waals surface area contributed by atoms with E-state index in [-0.39, 0.29) is 11.6 Å². The van der Waals surface area contributed by atoms with E-state index >= 15 is 0 Å².